The van der Waals surface area contributed by atoms with E-state index in [0.717, 1.165) is 42.3 Å². The molecule has 22 heavy (non-hydrogen) atoms. The van der Waals surface area contributed by atoms with Gasteiger partial charge in [-0.3, -0.25) is 4.90 Å². The number of hydrogen-bond acceptors (Lipinski definition) is 4. The first-order chi connectivity index (χ1) is 10.8. The zero-order chi connectivity index (χ0) is 15.4. The Bertz CT molecular complexity index is 708. The predicted molar refractivity (Wildman–Crippen MR) is 89.0 cm³/mol. The van der Waals surface area contributed by atoms with E-state index in [-0.39, 0.29) is 0 Å². The van der Waals surface area contributed by atoms with Gasteiger partial charge in [-0.1, -0.05) is 18.2 Å². The van der Waals surface area contributed by atoms with E-state index >= 15 is 0 Å². The lowest BCUT2D eigenvalue weighted by molar-refractivity contribution is 0.273. The summed E-state index contributed by atoms with van der Waals surface area (Å²) in [7, 11) is 1.70. The van der Waals surface area contributed by atoms with Crippen LogP contribution >= 0.6 is 11.8 Å². The minimum absolute atomic E-state index is 0.769. The van der Waals surface area contributed by atoms with Gasteiger partial charge in [0.1, 0.15) is 5.75 Å². The molecular weight excluding hydrogens is 292 g/mol. The Morgan fingerprint density at radius 1 is 1.27 bits per heavy atom. The Kier molecular flexibility index (Phi) is 4.67. The number of fused-ring (bicyclic) bond motifs is 1. The Hall–Kier alpha value is -1.96. The second-order valence-electron chi connectivity index (χ2n) is 5.30. The molecule has 0 fully saturated rings. The molecule has 0 aliphatic carbocycles. The lowest BCUT2D eigenvalue weighted by Crippen LogP contribution is -2.24. The summed E-state index contributed by atoms with van der Waals surface area (Å²) in [5.74, 6) is 1.97. The zero-order valence-electron chi connectivity index (χ0n) is 12.6. The van der Waals surface area contributed by atoms with Crippen LogP contribution in [0.5, 0.6) is 5.75 Å². The highest BCUT2D eigenvalue weighted by Crippen LogP contribution is 2.31. The largest absolute Gasteiger partial charge is 0.497 e. The van der Waals surface area contributed by atoms with Gasteiger partial charge in [-0.15, -0.1) is 11.8 Å². The predicted octanol–water partition coefficient (Wildman–Crippen LogP) is 3.67. The SMILES string of the molecule is COc1ccc2c(c1)CN(Cc1ccccc1C#N)CCS2. The summed E-state index contributed by atoms with van der Waals surface area (Å²) in [6.45, 7) is 2.71. The van der Waals surface area contributed by atoms with Gasteiger partial charge in [-0.05, 0) is 35.4 Å². The third kappa shape index (κ3) is 3.27. The van der Waals surface area contributed by atoms with Gasteiger partial charge in [0.2, 0.25) is 0 Å². The molecule has 0 saturated carbocycles. The van der Waals surface area contributed by atoms with Crippen molar-refractivity contribution in [3.8, 4) is 11.8 Å². The highest BCUT2D eigenvalue weighted by Gasteiger charge is 2.16. The minimum atomic E-state index is 0.769. The standard InChI is InChI=1S/C18H18N2OS/c1-21-17-6-7-18-16(10-17)13-20(8-9-22-18)12-15-5-3-2-4-14(15)11-19/h2-7,10H,8-9,12-13H2,1H3. The van der Waals surface area contributed by atoms with Crippen LogP contribution in [-0.4, -0.2) is 24.3 Å². The molecule has 2 aromatic carbocycles. The number of benzene rings is 2. The van der Waals surface area contributed by atoms with Crippen molar-refractivity contribution in [2.24, 2.45) is 0 Å². The van der Waals surface area contributed by atoms with Crippen molar-refractivity contribution in [3.05, 3.63) is 59.2 Å². The first kappa shape index (κ1) is 15.0. The van der Waals surface area contributed by atoms with Gasteiger partial charge < -0.3 is 4.74 Å². The fraction of sp³-hybridized carbons (Fsp3) is 0.278. The monoisotopic (exact) mass is 310 g/mol. The van der Waals surface area contributed by atoms with Crippen LogP contribution in [0.25, 0.3) is 0 Å². The lowest BCUT2D eigenvalue weighted by atomic mass is 10.1. The maximum Gasteiger partial charge on any atom is 0.119 e. The third-order valence-corrected chi connectivity index (χ3v) is 4.95. The van der Waals surface area contributed by atoms with Crippen molar-refractivity contribution in [2.45, 2.75) is 18.0 Å². The van der Waals surface area contributed by atoms with E-state index in [1.807, 2.05) is 42.1 Å². The summed E-state index contributed by atoms with van der Waals surface area (Å²) in [6.07, 6.45) is 0. The summed E-state index contributed by atoms with van der Waals surface area (Å²) < 4.78 is 5.34. The Labute approximate surface area is 135 Å². The highest BCUT2D eigenvalue weighted by atomic mass is 32.2. The van der Waals surface area contributed by atoms with Gasteiger partial charge in [0.05, 0.1) is 18.7 Å². The van der Waals surface area contributed by atoms with Crippen molar-refractivity contribution in [1.82, 2.24) is 4.90 Å². The second kappa shape index (κ2) is 6.87. The van der Waals surface area contributed by atoms with Crippen LogP contribution in [0.1, 0.15) is 16.7 Å². The molecule has 0 N–H and O–H groups in total. The summed E-state index contributed by atoms with van der Waals surface area (Å²) in [4.78, 5) is 3.73. The molecule has 0 amide bonds. The molecule has 112 valence electrons. The molecule has 0 aromatic heterocycles. The second-order valence-corrected chi connectivity index (χ2v) is 6.44. The van der Waals surface area contributed by atoms with E-state index in [4.69, 9.17) is 4.74 Å². The number of thioether (sulfide) groups is 1. The van der Waals surface area contributed by atoms with Crippen molar-refractivity contribution >= 4 is 11.8 Å². The summed E-state index contributed by atoms with van der Waals surface area (Å²) in [5.41, 5.74) is 3.17. The summed E-state index contributed by atoms with van der Waals surface area (Å²) in [6, 6.07) is 16.4. The van der Waals surface area contributed by atoms with E-state index in [0.29, 0.717) is 0 Å². The minimum Gasteiger partial charge on any atom is -0.497 e. The topological polar surface area (TPSA) is 36.3 Å². The molecule has 2 aromatic rings. The average molecular weight is 310 g/mol. The third-order valence-electron chi connectivity index (χ3n) is 3.86. The van der Waals surface area contributed by atoms with Crippen LogP contribution < -0.4 is 4.74 Å². The molecule has 0 spiro atoms. The van der Waals surface area contributed by atoms with Crippen LogP contribution in [0.15, 0.2) is 47.4 Å². The number of nitrogens with zero attached hydrogens (tertiary/aromatic N) is 2. The molecule has 0 bridgehead atoms. The maximum absolute atomic E-state index is 9.24. The van der Waals surface area contributed by atoms with Crippen LogP contribution in [0.2, 0.25) is 0 Å². The lowest BCUT2D eigenvalue weighted by Gasteiger charge is -2.21. The van der Waals surface area contributed by atoms with Gasteiger partial charge >= 0.3 is 0 Å². The van der Waals surface area contributed by atoms with Gasteiger partial charge in [0.25, 0.3) is 0 Å². The van der Waals surface area contributed by atoms with Crippen LogP contribution in [0.4, 0.5) is 0 Å². The fourth-order valence-corrected chi connectivity index (χ4v) is 3.74. The molecule has 3 nitrogen and oxygen atoms in total. The highest BCUT2D eigenvalue weighted by molar-refractivity contribution is 7.99. The molecule has 3 rings (SSSR count). The number of hydrogen-bond donors (Lipinski definition) is 0. The van der Waals surface area contributed by atoms with Crippen molar-refractivity contribution in [1.29, 1.82) is 5.26 Å². The summed E-state index contributed by atoms with van der Waals surface area (Å²) in [5, 5.41) is 9.24. The number of methoxy groups -OCH3 is 1. The zero-order valence-corrected chi connectivity index (χ0v) is 13.4. The Balaban J connectivity index is 1.82. The average Bonchev–Trinajstić information content (AvgIpc) is 2.76. The van der Waals surface area contributed by atoms with Crippen LogP contribution in [-0.2, 0) is 13.1 Å². The van der Waals surface area contributed by atoms with Crippen molar-refractivity contribution in [2.75, 3.05) is 19.4 Å². The first-order valence-corrected chi connectivity index (χ1v) is 8.29. The molecule has 4 heteroatoms. The fourth-order valence-electron chi connectivity index (χ4n) is 2.69. The quantitative estimate of drug-likeness (QED) is 0.866. The Morgan fingerprint density at radius 3 is 2.95 bits per heavy atom. The molecule has 0 saturated heterocycles. The van der Waals surface area contributed by atoms with Gasteiger partial charge in [0.15, 0.2) is 0 Å². The maximum atomic E-state index is 9.24. The molecular formula is C18H18N2OS. The van der Waals surface area contributed by atoms with Crippen LogP contribution in [0, 0.1) is 11.3 Å². The van der Waals surface area contributed by atoms with Crippen molar-refractivity contribution < 1.29 is 4.74 Å². The molecule has 1 aliphatic rings. The molecule has 0 radical (unpaired) electrons. The van der Waals surface area contributed by atoms with E-state index in [1.165, 1.54) is 10.5 Å². The molecule has 1 aliphatic heterocycles. The number of nitriles is 1. The van der Waals surface area contributed by atoms with Crippen molar-refractivity contribution in [3.63, 3.8) is 0 Å². The molecule has 1 heterocycles. The molecule has 0 unspecified atom stereocenters. The summed E-state index contributed by atoms with van der Waals surface area (Å²) >= 11 is 1.89. The van der Waals surface area contributed by atoms with E-state index < -0.39 is 0 Å². The van der Waals surface area contributed by atoms with Gasteiger partial charge in [0, 0.05) is 30.3 Å². The smallest absolute Gasteiger partial charge is 0.119 e. The first-order valence-electron chi connectivity index (χ1n) is 7.30. The van der Waals surface area contributed by atoms with Gasteiger partial charge in [-0.25, -0.2) is 0 Å². The van der Waals surface area contributed by atoms with E-state index in [1.54, 1.807) is 7.11 Å². The van der Waals surface area contributed by atoms with E-state index in [2.05, 4.69) is 23.1 Å². The Morgan fingerprint density at radius 2 is 2.14 bits per heavy atom. The number of ether oxygens (including phenoxy) is 1. The normalized spacial score (nSPS) is 14.7. The van der Waals surface area contributed by atoms with Gasteiger partial charge in [-0.2, -0.15) is 5.26 Å². The van der Waals surface area contributed by atoms with Crippen LogP contribution in [0.3, 0.4) is 0 Å². The number of rotatable bonds is 3. The molecule has 0 atom stereocenters. The van der Waals surface area contributed by atoms with E-state index in [9.17, 15) is 5.26 Å².